The van der Waals surface area contributed by atoms with E-state index in [2.05, 4.69) is 0 Å². The number of carbonyl (C=O) groups is 1. The number of amides is 1. The van der Waals surface area contributed by atoms with Gasteiger partial charge in [0.05, 0.1) is 10.6 Å². The second-order valence-corrected chi connectivity index (χ2v) is 5.95. The number of fused-ring (bicyclic) bond motifs is 1. The molecule has 0 N–H and O–H groups in total. The van der Waals surface area contributed by atoms with Gasteiger partial charge in [0.25, 0.3) is 5.91 Å². The van der Waals surface area contributed by atoms with Crippen LogP contribution in [0.25, 0.3) is 0 Å². The van der Waals surface area contributed by atoms with Gasteiger partial charge in [-0.1, -0.05) is 17.7 Å². The van der Waals surface area contributed by atoms with E-state index in [1.165, 1.54) is 4.90 Å². The number of halogens is 3. The van der Waals surface area contributed by atoms with Gasteiger partial charge in [-0.05, 0) is 36.8 Å². The van der Waals surface area contributed by atoms with Gasteiger partial charge in [0.15, 0.2) is 23.1 Å². The van der Waals surface area contributed by atoms with Crippen LogP contribution in [0.2, 0.25) is 5.02 Å². The molecule has 1 aliphatic heterocycles. The fraction of sp³-hybridized carbons (Fsp3) is 0.278. The highest BCUT2D eigenvalue weighted by Gasteiger charge is 2.21. The van der Waals surface area contributed by atoms with Crippen molar-refractivity contribution < 1.29 is 23.0 Å². The van der Waals surface area contributed by atoms with Gasteiger partial charge in [-0.25, -0.2) is 8.78 Å². The summed E-state index contributed by atoms with van der Waals surface area (Å²) in [5.41, 5.74) is 0.762. The van der Waals surface area contributed by atoms with Gasteiger partial charge in [0.2, 0.25) is 0 Å². The summed E-state index contributed by atoms with van der Waals surface area (Å²) >= 11 is 5.90. The van der Waals surface area contributed by atoms with Crippen LogP contribution in [0.5, 0.6) is 11.5 Å². The second kappa shape index (κ2) is 7.27. The SMILES string of the molecule is CCN(Cc1ccc2c(c1)OCCO2)C(=O)c1cc(F)c(F)cc1Cl. The highest BCUT2D eigenvalue weighted by molar-refractivity contribution is 6.33. The highest BCUT2D eigenvalue weighted by Crippen LogP contribution is 2.31. The number of benzene rings is 2. The van der Waals surface area contributed by atoms with Crippen molar-refractivity contribution >= 4 is 17.5 Å². The molecule has 0 bridgehead atoms. The van der Waals surface area contributed by atoms with Crippen molar-refractivity contribution in [1.29, 1.82) is 0 Å². The Balaban J connectivity index is 1.83. The summed E-state index contributed by atoms with van der Waals surface area (Å²) in [6.07, 6.45) is 0. The van der Waals surface area contributed by atoms with E-state index in [1.807, 2.05) is 6.07 Å². The van der Waals surface area contributed by atoms with E-state index in [0.29, 0.717) is 31.3 Å². The van der Waals surface area contributed by atoms with E-state index in [0.717, 1.165) is 17.7 Å². The molecule has 0 aliphatic carbocycles. The minimum absolute atomic E-state index is 0.0695. The maximum absolute atomic E-state index is 13.5. The third-order valence-electron chi connectivity index (χ3n) is 3.89. The van der Waals surface area contributed by atoms with Crippen LogP contribution in [-0.4, -0.2) is 30.6 Å². The summed E-state index contributed by atoms with van der Waals surface area (Å²) in [7, 11) is 0. The Bertz CT molecular complexity index is 813. The van der Waals surface area contributed by atoms with E-state index in [-0.39, 0.29) is 17.1 Å². The van der Waals surface area contributed by atoms with Gasteiger partial charge in [-0.3, -0.25) is 4.79 Å². The van der Waals surface area contributed by atoms with Crippen LogP contribution in [0.4, 0.5) is 8.78 Å². The summed E-state index contributed by atoms with van der Waals surface area (Å²) in [5.74, 6) is -1.38. The molecule has 2 aromatic carbocycles. The maximum atomic E-state index is 13.5. The number of rotatable bonds is 4. The van der Waals surface area contributed by atoms with Crippen LogP contribution >= 0.6 is 11.6 Å². The van der Waals surface area contributed by atoms with E-state index in [1.54, 1.807) is 19.1 Å². The Morgan fingerprint density at radius 2 is 1.80 bits per heavy atom. The first-order chi connectivity index (χ1) is 12.0. The molecule has 1 heterocycles. The van der Waals surface area contributed by atoms with Crippen LogP contribution in [0.3, 0.4) is 0 Å². The van der Waals surface area contributed by atoms with E-state index in [4.69, 9.17) is 21.1 Å². The van der Waals surface area contributed by atoms with Gasteiger partial charge in [0.1, 0.15) is 13.2 Å². The van der Waals surface area contributed by atoms with Gasteiger partial charge in [0, 0.05) is 13.1 Å². The first-order valence-electron chi connectivity index (χ1n) is 7.82. The average Bonchev–Trinajstić information content (AvgIpc) is 2.62. The summed E-state index contributed by atoms with van der Waals surface area (Å²) in [6.45, 7) is 3.42. The largest absolute Gasteiger partial charge is 0.486 e. The van der Waals surface area contributed by atoms with Gasteiger partial charge in [-0.15, -0.1) is 0 Å². The molecule has 4 nitrogen and oxygen atoms in total. The first kappa shape index (κ1) is 17.5. The molecule has 0 unspecified atom stereocenters. The summed E-state index contributed by atoms with van der Waals surface area (Å²) < 4.78 is 37.7. The minimum atomic E-state index is -1.11. The standard InChI is InChI=1S/C18H16ClF2NO3/c1-2-22(18(23)12-8-14(20)15(21)9-13(12)19)10-11-3-4-16-17(7-11)25-6-5-24-16/h3-4,7-9H,2,5-6,10H2,1H3. The monoisotopic (exact) mass is 367 g/mol. The number of hydrogen-bond acceptors (Lipinski definition) is 3. The van der Waals surface area contributed by atoms with Gasteiger partial charge >= 0.3 is 0 Å². The van der Waals surface area contributed by atoms with Crippen molar-refractivity contribution in [3.05, 3.63) is 58.1 Å². The number of carbonyl (C=O) groups excluding carboxylic acids is 1. The highest BCUT2D eigenvalue weighted by atomic mass is 35.5. The molecule has 3 rings (SSSR count). The summed E-state index contributed by atoms with van der Waals surface area (Å²) in [4.78, 5) is 14.1. The van der Waals surface area contributed by atoms with Crippen LogP contribution in [0.1, 0.15) is 22.8 Å². The third-order valence-corrected chi connectivity index (χ3v) is 4.20. The maximum Gasteiger partial charge on any atom is 0.255 e. The molecule has 0 spiro atoms. The summed E-state index contributed by atoms with van der Waals surface area (Å²) in [6, 6.07) is 7.05. The first-order valence-corrected chi connectivity index (χ1v) is 8.19. The fourth-order valence-corrected chi connectivity index (χ4v) is 2.82. The molecule has 0 saturated carbocycles. The van der Waals surface area contributed by atoms with Crippen molar-refractivity contribution in [3.63, 3.8) is 0 Å². The smallest absolute Gasteiger partial charge is 0.255 e. The molecule has 7 heteroatoms. The zero-order valence-electron chi connectivity index (χ0n) is 13.5. The Hall–Kier alpha value is -2.34. The number of nitrogens with zero attached hydrogens (tertiary/aromatic N) is 1. The Morgan fingerprint density at radius 1 is 1.12 bits per heavy atom. The van der Waals surface area contributed by atoms with E-state index >= 15 is 0 Å². The Kier molecular flexibility index (Phi) is 5.08. The molecule has 1 aliphatic rings. The molecular weight excluding hydrogens is 352 g/mol. The molecule has 25 heavy (non-hydrogen) atoms. The predicted molar refractivity (Wildman–Crippen MR) is 89.2 cm³/mol. The third kappa shape index (κ3) is 3.69. The topological polar surface area (TPSA) is 38.8 Å². The summed E-state index contributed by atoms with van der Waals surface area (Å²) in [5, 5.41) is -0.121. The molecule has 2 aromatic rings. The zero-order chi connectivity index (χ0) is 18.0. The van der Waals surface area contributed by atoms with Crippen LogP contribution in [-0.2, 0) is 6.54 Å². The van der Waals surface area contributed by atoms with Crippen molar-refractivity contribution in [2.75, 3.05) is 19.8 Å². The zero-order valence-corrected chi connectivity index (χ0v) is 14.3. The molecular formula is C18H16ClF2NO3. The van der Waals surface area contributed by atoms with E-state index < -0.39 is 17.5 Å². The lowest BCUT2D eigenvalue weighted by Crippen LogP contribution is -2.30. The predicted octanol–water partition coefficient (Wildman–Crippen LogP) is 4.05. The van der Waals surface area contributed by atoms with Crippen molar-refractivity contribution in [3.8, 4) is 11.5 Å². The molecule has 0 atom stereocenters. The molecule has 0 fully saturated rings. The lowest BCUT2D eigenvalue weighted by Gasteiger charge is -2.23. The number of ether oxygens (including phenoxy) is 2. The lowest BCUT2D eigenvalue weighted by atomic mass is 10.1. The van der Waals surface area contributed by atoms with Crippen molar-refractivity contribution in [2.24, 2.45) is 0 Å². The minimum Gasteiger partial charge on any atom is -0.486 e. The molecule has 0 aromatic heterocycles. The molecule has 132 valence electrons. The van der Waals surface area contributed by atoms with Gasteiger partial charge < -0.3 is 14.4 Å². The molecule has 0 saturated heterocycles. The quantitative estimate of drug-likeness (QED) is 0.765. The van der Waals surface area contributed by atoms with Crippen LogP contribution in [0.15, 0.2) is 30.3 Å². The van der Waals surface area contributed by atoms with Crippen LogP contribution in [0, 0.1) is 11.6 Å². The molecule has 1 amide bonds. The number of hydrogen-bond donors (Lipinski definition) is 0. The van der Waals surface area contributed by atoms with E-state index in [9.17, 15) is 13.6 Å². The Morgan fingerprint density at radius 3 is 2.52 bits per heavy atom. The Labute approximate surface area is 148 Å². The lowest BCUT2D eigenvalue weighted by molar-refractivity contribution is 0.0751. The van der Waals surface area contributed by atoms with Gasteiger partial charge in [-0.2, -0.15) is 0 Å². The normalized spacial score (nSPS) is 12.8. The molecule has 0 radical (unpaired) electrons. The average molecular weight is 368 g/mol. The van der Waals surface area contributed by atoms with Crippen LogP contribution < -0.4 is 9.47 Å². The second-order valence-electron chi connectivity index (χ2n) is 5.54. The fourth-order valence-electron chi connectivity index (χ4n) is 2.59. The van der Waals surface area contributed by atoms with Crippen molar-refractivity contribution in [2.45, 2.75) is 13.5 Å². The van der Waals surface area contributed by atoms with Crippen molar-refractivity contribution in [1.82, 2.24) is 4.90 Å².